The maximum absolute atomic E-state index is 13.4. The average Bonchev–Trinajstić information content (AvgIpc) is 2.96. The van der Waals surface area contributed by atoms with Crippen molar-refractivity contribution in [1.29, 1.82) is 0 Å². The van der Waals surface area contributed by atoms with Gasteiger partial charge >= 0.3 is 0 Å². The fourth-order valence-corrected chi connectivity index (χ4v) is 3.92. The number of carbonyl (C=O) groups excluding carboxylic acids is 1. The Morgan fingerprint density at radius 1 is 1.13 bits per heavy atom. The molecule has 0 amide bonds. The number of nitrogens with one attached hydrogen (secondary N) is 1. The van der Waals surface area contributed by atoms with Crippen LogP contribution in [0.2, 0.25) is 5.02 Å². The summed E-state index contributed by atoms with van der Waals surface area (Å²) in [5.74, 6) is -0.819. The lowest BCUT2D eigenvalue weighted by molar-refractivity contribution is -0.255. The van der Waals surface area contributed by atoms with Gasteiger partial charge in [0.15, 0.2) is 0 Å². The minimum atomic E-state index is -1.22. The van der Waals surface area contributed by atoms with E-state index in [9.17, 15) is 14.3 Å². The summed E-state index contributed by atoms with van der Waals surface area (Å²) in [6.45, 7) is 7.44. The minimum Gasteiger partial charge on any atom is -0.545 e. The number of nitrogens with zero attached hydrogens (tertiary/aromatic N) is 1. The summed E-state index contributed by atoms with van der Waals surface area (Å²) in [6.07, 6.45) is 0. The van der Waals surface area contributed by atoms with Gasteiger partial charge < -0.3 is 24.5 Å². The first-order valence-corrected chi connectivity index (χ1v) is 10.5. The van der Waals surface area contributed by atoms with E-state index in [0.29, 0.717) is 48.1 Å². The lowest BCUT2D eigenvalue weighted by atomic mass is 10.1. The molecule has 0 spiro atoms. The number of hydrogen-bond donors (Lipinski definition) is 1. The smallest absolute Gasteiger partial charge is 0.124 e. The first kappa shape index (κ1) is 22.8. The molecule has 1 heterocycles. The fraction of sp³-hybridized carbons (Fsp3) is 0.292. The second kappa shape index (κ2) is 9.98. The SMILES string of the molecule is CCOc1ccc(CNCc2c(C(=O)[O-])c(C)n(Cc3ccc(F)cc3Cl)c2C)cc1. The molecule has 164 valence electrons. The van der Waals surface area contributed by atoms with Gasteiger partial charge in [0.2, 0.25) is 0 Å². The Balaban J connectivity index is 1.79. The molecular formula is C24H25ClFN2O3-. The highest BCUT2D eigenvalue weighted by molar-refractivity contribution is 6.31. The zero-order valence-corrected chi connectivity index (χ0v) is 18.6. The van der Waals surface area contributed by atoms with E-state index in [0.717, 1.165) is 17.0 Å². The summed E-state index contributed by atoms with van der Waals surface area (Å²) >= 11 is 6.17. The van der Waals surface area contributed by atoms with Gasteiger partial charge in [0.1, 0.15) is 11.6 Å². The van der Waals surface area contributed by atoms with Gasteiger partial charge in [-0.3, -0.25) is 0 Å². The second-order valence-electron chi connectivity index (χ2n) is 7.31. The zero-order valence-electron chi connectivity index (χ0n) is 17.8. The van der Waals surface area contributed by atoms with Crippen LogP contribution in [0.5, 0.6) is 5.75 Å². The molecule has 0 unspecified atom stereocenters. The molecule has 0 radical (unpaired) electrons. The van der Waals surface area contributed by atoms with E-state index in [-0.39, 0.29) is 5.56 Å². The number of benzene rings is 2. The van der Waals surface area contributed by atoms with Crippen LogP contribution >= 0.6 is 11.6 Å². The number of ether oxygens (including phenoxy) is 1. The Kier molecular flexibility index (Phi) is 7.36. The van der Waals surface area contributed by atoms with E-state index in [4.69, 9.17) is 16.3 Å². The van der Waals surface area contributed by atoms with E-state index < -0.39 is 11.8 Å². The quantitative estimate of drug-likeness (QED) is 0.543. The van der Waals surface area contributed by atoms with Gasteiger partial charge in [-0.2, -0.15) is 0 Å². The van der Waals surface area contributed by atoms with E-state index >= 15 is 0 Å². The van der Waals surface area contributed by atoms with Crippen LogP contribution in [0.15, 0.2) is 42.5 Å². The summed E-state index contributed by atoms with van der Waals surface area (Å²) in [7, 11) is 0. The summed E-state index contributed by atoms with van der Waals surface area (Å²) in [5, 5.41) is 15.5. The lowest BCUT2D eigenvalue weighted by Crippen LogP contribution is -2.25. The summed E-state index contributed by atoms with van der Waals surface area (Å²) in [6, 6.07) is 12.0. The summed E-state index contributed by atoms with van der Waals surface area (Å²) in [5.41, 5.74) is 4.00. The van der Waals surface area contributed by atoms with Crippen LogP contribution in [0.1, 0.15) is 45.4 Å². The van der Waals surface area contributed by atoms with Gasteiger partial charge in [0.05, 0.1) is 12.6 Å². The number of rotatable bonds is 9. The van der Waals surface area contributed by atoms with E-state index in [1.165, 1.54) is 12.1 Å². The predicted octanol–water partition coefficient (Wildman–Crippen LogP) is 4.00. The van der Waals surface area contributed by atoms with Crippen LogP contribution in [0.3, 0.4) is 0 Å². The van der Waals surface area contributed by atoms with Crippen LogP contribution in [-0.4, -0.2) is 17.1 Å². The predicted molar refractivity (Wildman–Crippen MR) is 117 cm³/mol. The molecule has 0 aliphatic heterocycles. The topological polar surface area (TPSA) is 66.3 Å². The zero-order chi connectivity index (χ0) is 22.5. The highest BCUT2D eigenvalue weighted by Gasteiger charge is 2.19. The monoisotopic (exact) mass is 443 g/mol. The van der Waals surface area contributed by atoms with Crippen molar-refractivity contribution in [2.75, 3.05) is 6.61 Å². The van der Waals surface area contributed by atoms with Gasteiger partial charge in [-0.1, -0.05) is 29.8 Å². The number of carboxylic acid groups (broad SMARTS) is 1. The van der Waals surface area contributed by atoms with Crippen molar-refractivity contribution in [2.24, 2.45) is 0 Å². The molecule has 0 fully saturated rings. The van der Waals surface area contributed by atoms with Gasteiger partial charge in [0.25, 0.3) is 0 Å². The Morgan fingerprint density at radius 3 is 2.45 bits per heavy atom. The molecule has 1 N–H and O–H groups in total. The van der Waals surface area contributed by atoms with Crippen LogP contribution < -0.4 is 15.2 Å². The highest BCUT2D eigenvalue weighted by Crippen LogP contribution is 2.26. The normalized spacial score (nSPS) is 11.0. The number of carbonyl (C=O) groups is 1. The molecule has 0 saturated heterocycles. The van der Waals surface area contributed by atoms with Crippen LogP contribution in [0.4, 0.5) is 4.39 Å². The average molecular weight is 444 g/mol. The number of aromatic carboxylic acids is 1. The number of halogens is 2. The fourth-order valence-electron chi connectivity index (χ4n) is 3.70. The Hall–Kier alpha value is -2.83. The maximum Gasteiger partial charge on any atom is 0.124 e. The first-order chi connectivity index (χ1) is 14.8. The van der Waals surface area contributed by atoms with Crippen molar-refractivity contribution in [3.63, 3.8) is 0 Å². The molecule has 2 aromatic carbocycles. The van der Waals surface area contributed by atoms with E-state index in [2.05, 4.69) is 5.32 Å². The van der Waals surface area contributed by atoms with Gasteiger partial charge in [-0.15, -0.1) is 0 Å². The molecule has 3 rings (SSSR count). The molecule has 0 saturated carbocycles. The highest BCUT2D eigenvalue weighted by atomic mass is 35.5. The van der Waals surface area contributed by atoms with Crippen LogP contribution in [0.25, 0.3) is 0 Å². The summed E-state index contributed by atoms with van der Waals surface area (Å²) < 4.78 is 20.7. The number of hydrogen-bond acceptors (Lipinski definition) is 4. The van der Waals surface area contributed by atoms with Crippen molar-refractivity contribution >= 4 is 17.6 Å². The molecule has 7 heteroatoms. The molecule has 0 bridgehead atoms. The second-order valence-corrected chi connectivity index (χ2v) is 7.72. The van der Waals surface area contributed by atoms with Crippen LogP contribution in [-0.2, 0) is 19.6 Å². The third-order valence-electron chi connectivity index (χ3n) is 5.32. The molecule has 5 nitrogen and oxygen atoms in total. The molecular weight excluding hydrogens is 419 g/mol. The van der Waals surface area contributed by atoms with Crippen molar-refractivity contribution in [3.8, 4) is 5.75 Å². The molecule has 31 heavy (non-hydrogen) atoms. The summed E-state index contributed by atoms with van der Waals surface area (Å²) in [4.78, 5) is 11.9. The van der Waals surface area contributed by atoms with Gasteiger partial charge in [0, 0.05) is 41.6 Å². The number of aromatic nitrogens is 1. The molecule has 0 atom stereocenters. The van der Waals surface area contributed by atoms with Gasteiger partial charge in [-0.05, 0) is 61.7 Å². The number of carboxylic acids is 1. The van der Waals surface area contributed by atoms with Crippen molar-refractivity contribution < 1.29 is 19.0 Å². The molecule has 0 aliphatic carbocycles. The minimum absolute atomic E-state index is 0.176. The molecule has 1 aromatic heterocycles. The van der Waals surface area contributed by atoms with Gasteiger partial charge in [-0.25, -0.2) is 4.39 Å². The molecule has 0 aliphatic rings. The van der Waals surface area contributed by atoms with Crippen molar-refractivity contribution in [2.45, 2.75) is 40.4 Å². The van der Waals surface area contributed by atoms with Crippen molar-refractivity contribution in [1.82, 2.24) is 9.88 Å². The lowest BCUT2D eigenvalue weighted by Gasteiger charge is -2.12. The molecule has 3 aromatic rings. The Morgan fingerprint density at radius 2 is 1.84 bits per heavy atom. The third-order valence-corrected chi connectivity index (χ3v) is 5.67. The Labute approximate surface area is 186 Å². The Bertz CT molecular complexity index is 1080. The van der Waals surface area contributed by atoms with Crippen LogP contribution in [0, 0.1) is 19.7 Å². The van der Waals surface area contributed by atoms with E-state index in [1.807, 2.05) is 42.7 Å². The largest absolute Gasteiger partial charge is 0.545 e. The van der Waals surface area contributed by atoms with Crippen molar-refractivity contribution in [3.05, 3.63) is 86.9 Å². The standard InChI is InChI=1S/C24H26ClFN2O3/c1-4-31-20-9-5-17(6-10-20)12-27-13-21-15(2)28(16(3)23(21)24(29)30)14-18-7-8-19(26)11-22(18)25/h5-11,27H,4,12-14H2,1-3H3,(H,29,30)/p-1. The third kappa shape index (κ3) is 5.27. The first-order valence-electron chi connectivity index (χ1n) is 10.1. The maximum atomic E-state index is 13.4. The van der Waals surface area contributed by atoms with E-state index in [1.54, 1.807) is 13.0 Å².